The smallest absolute Gasteiger partial charge is 0.233 e. The molecule has 6 heteroatoms. The van der Waals surface area contributed by atoms with Crippen molar-refractivity contribution < 1.29 is 0 Å². The maximum absolute atomic E-state index is 4.69. The highest BCUT2D eigenvalue weighted by molar-refractivity contribution is 5.56. The van der Waals surface area contributed by atoms with Crippen molar-refractivity contribution in [3.63, 3.8) is 0 Å². The summed E-state index contributed by atoms with van der Waals surface area (Å²) in [5, 5.41) is 10.4. The molecule has 2 fully saturated rings. The van der Waals surface area contributed by atoms with Gasteiger partial charge >= 0.3 is 0 Å². The van der Waals surface area contributed by atoms with Crippen LogP contribution in [-0.2, 0) is 0 Å². The zero-order chi connectivity index (χ0) is 19.2. The predicted octanol–water partition coefficient (Wildman–Crippen LogP) is 5.41. The van der Waals surface area contributed by atoms with E-state index in [1.54, 1.807) is 0 Å². The molecular weight excluding hydrogens is 348 g/mol. The van der Waals surface area contributed by atoms with Crippen LogP contribution >= 0.6 is 0 Å². The van der Waals surface area contributed by atoms with Crippen molar-refractivity contribution in [1.82, 2.24) is 15.0 Å². The number of benzene rings is 1. The van der Waals surface area contributed by atoms with Gasteiger partial charge in [0.2, 0.25) is 17.8 Å². The molecule has 0 spiro atoms. The molecule has 4 rings (SSSR count). The molecule has 2 aliphatic carbocycles. The minimum absolute atomic E-state index is 0.464. The first-order valence-electron chi connectivity index (χ1n) is 10.9. The summed E-state index contributed by atoms with van der Waals surface area (Å²) in [4.78, 5) is 14.0. The predicted molar refractivity (Wildman–Crippen MR) is 115 cm³/mol. The summed E-state index contributed by atoms with van der Waals surface area (Å²) in [5.74, 6) is 1.94. The first kappa shape index (κ1) is 19.0. The van der Waals surface area contributed by atoms with Crippen LogP contribution in [0.2, 0.25) is 0 Å². The molecule has 6 nitrogen and oxygen atoms in total. The van der Waals surface area contributed by atoms with E-state index in [0.29, 0.717) is 29.9 Å². The Morgan fingerprint density at radius 3 is 1.61 bits per heavy atom. The maximum Gasteiger partial charge on any atom is 0.233 e. The third kappa shape index (κ3) is 5.33. The molecule has 0 saturated heterocycles. The van der Waals surface area contributed by atoms with Gasteiger partial charge < -0.3 is 16.0 Å². The molecule has 1 aromatic heterocycles. The van der Waals surface area contributed by atoms with Crippen LogP contribution in [0, 0.1) is 6.92 Å². The SMILES string of the molecule is Cc1ccc(Nc2nc(NC3CCCCC3)nc(NC3CCCCC3)n2)cc1. The van der Waals surface area contributed by atoms with Crippen LogP contribution in [0.5, 0.6) is 0 Å². The van der Waals surface area contributed by atoms with Gasteiger partial charge in [0.15, 0.2) is 0 Å². The average molecular weight is 381 g/mol. The van der Waals surface area contributed by atoms with Crippen molar-refractivity contribution >= 4 is 23.5 Å². The van der Waals surface area contributed by atoms with Gasteiger partial charge in [-0.1, -0.05) is 56.2 Å². The van der Waals surface area contributed by atoms with Crippen molar-refractivity contribution in [1.29, 1.82) is 0 Å². The standard InChI is InChI=1S/C22H32N6/c1-16-12-14-19(15-13-16)25-22-27-20(23-17-8-4-2-5-9-17)26-21(28-22)24-18-10-6-3-7-11-18/h12-15,17-18H,2-11H2,1H3,(H3,23,24,25,26,27,28). The van der Waals surface area contributed by atoms with Crippen molar-refractivity contribution in [2.45, 2.75) is 83.2 Å². The molecule has 1 aromatic carbocycles. The zero-order valence-corrected chi connectivity index (χ0v) is 16.9. The number of hydrogen-bond acceptors (Lipinski definition) is 6. The minimum Gasteiger partial charge on any atom is -0.351 e. The van der Waals surface area contributed by atoms with Gasteiger partial charge in [0, 0.05) is 17.8 Å². The number of aryl methyl sites for hydroxylation is 1. The quantitative estimate of drug-likeness (QED) is 0.622. The van der Waals surface area contributed by atoms with Crippen molar-refractivity contribution in [2.75, 3.05) is 16.0 Å². The lowest BCUT2D eigenvalue weighted by Gasteiger charge is -2.25. The largest absolute Gasteiger partial charge is 0.351 e. The molecule has 0 bridgehead atoms. The molecule has 0 atom stereocenters. The lowest BCUT2D eigenvalue weighted by molar-refractivity contribution is 0.458. The molecule has 2 saturated carbocycles. The second kappa shape index (κ2) is 9.22. The Morgan fingerprint density at radius 2 is 1.11 bits per heavy atom. The lowest BCUT2D eigenvalue weighted by atomic mass is 9.96. The van der Waals surface area contributed by atoms with Crippen molar-refractivity contribution in [3.05, 3.63) is 29.8 Å². The fourth-order valence-electron chi connectivity index (χ4n) is 4.19. The summed E-state index contributed by atoms with van der Waals surface area (Å²) >= 11 is 0. The second-order valence-corrected chi connectivity index (χ2v) is 8.26. The Hall–Kier alpha value is -2.37. The summed E-state index contributed by atoms with van der Waals surface area (Å²) in [6.07, 6.45) is 12.6. The third-order valence-electron chi connectivity index (χ3n) is 5.82. The molecule has 0 amide bonds. The molecule has 3 N–H and O–H groups in total. The number of nitrogens with one attached hydrogen (secondary N) is 3. The highest BCUT2D eigenvalue weighted by Crippen LogP contribution is 2.24. The van der Waals surface area contributed by atoms with Gasteiger partial charge in [-0.05, 0) is 44.7 Å². The van der Waals surface area contributed by atoms with Crippen LogP contribution in [0.15, 0.2) is 24.3 Å². The highest BCUT2D eigenvalue weighted by atomic mass is 15.3. The Kier molecular flexibility index (Phi) is 6.24. The molecular formula is C22H32N6. The normalized spacial score (nSPS) is 18.6. The number of rotatable bonds is 6. The van der Waals surface area contributed by atoms with E-state index in [9.17, 15) is 0 Å². The molecule has 0 radical (unpaired) electrons. The van der Waals surface area contributed by atoms with Crippen molar-refractivity contribution in [3.8, 4) is 0 Å². The molecule has 0 unspecified atom stereocenters. The number of nitrogens with zero attached hydrogens (tertiary/aromatic N) is 3. The van der Waals surface area contributed by atoms with Crippen LogP contribution < -0.4 is 16.0 Å². The number of anilines is 4. The number of aromatic nitrogens is 3. The van der Waals surface area contributed by atoms with Gasteiger partial charge in [0.1, 0.15) is 0 Å². The molecule has 150 valence electrons. The Balaban J connectivity index is 1.52. The lowest BCUT2D eigenvalue weighted by Crippen LogP contribution is -2.26. The van der Waals surface area contributed by atoms with Gasteiger partial charge in [-0.3, -0.25) is 0 Å². The third-order valence-corrected chi connectivity index (χ3v) is 5.82. The first-order valence-corrected chi connectivity index (χ1v) is 10.9. The average Bonchev–Trinajstić information content (AvgIpc) is 2.71. The summed E-state index contributed by atoms with van der Waals surface area (Å²) in [6, 6.07) is 9.22. The first-order chi connectivity index (χ1) is 13.7. The van der Waals surface area contributed by atoms with Gasteiger partial charge in [-0.2, -0.15) is 15.0 Å². The molecule has 28 heavy (non-hydrogen) atoms. The zero-order valence-electron chi connectivity index (χ0n) is 16.9. The molecule has 1 heterocycles. The van der Waals surface area contributed by atoms with Crippen LogP contribution in [0.25, 0.3) is 0 Å². The molecule has 0 aliphatic heterocycles. The minimum atomic E-state index is 0.464. The van der Waals surface area contributed by atoms with E-state index < -0.39 is 0 Å². The van der Waals surface area contributed by atoms with E-state index in [1.165, 1.54) is 69.8 Å². The fraction of sp³-hybridized carbons (Fsp3) is 0.591. The van der Waals surface area contributed by atoms with E-state index in [0.717, 1.165) is 5.69 Å². The summed E-state index contributed by atoms with van der Waals surface area (Å²) in [7, 11) is 0. The molecule has 2 aliphatic rings. The fourth-order valence-corrected chi connectivity index (χ4v) is 4.19. The second-order valence-electron chi connectivity index (χ2n) is 8.26. The van der Waals surface area contributed by atoms with Crippen molar-refractivity contribution in [2.24, 2.45) is 0 Å². The van der Waals surface area contributed by atoms with Gasteiger partial charge in [-0.15, -0.1) is 0 Å². The van der Waals surface area contributed by atoms with Gasteiger partial charge in [-0.25, -0.2) is 0 Å². The Morgan fingerprint density at radius 1 is 0.643 bits per heavy atom. The summed E-state index contributed by atoms with van der Waals surface area (Å²) < 4.78 is 0. The van der Waals surface area contributed by atoms with E-state index in [-0.39, 0.29) is 0 Å². The van der Waals surface area contributed by atoms with Crippen LogP contribution in [-0.4, -0.2) is 27.0 Å². The highest BCUT2D eigenvalue weighted by Gasteiger charge is 2.18. The van der Waals surface area contributed by atoms with E-state index >= 15 is 0 Å². The Labute approximate surface area is 168 Å². The van der Waals surface area contributed by atoms with Gasteiger partial charge in [0.05, 0.1) is 0 Å². The maximum atomic E-state index is 4.69. The van der Waals surface area contributed by atoms with E-state index in [4.69, 9.17) is 4.98 Å². The monoisotopic (exact) mass is 380 g/mol. The van der Waals surface area contributed by atoms with Crippen LogP contribution in [0.1, 0.15) is 69.8 Å². The topological polar surface area (TPSA) is 74.8 Å². The van der Waals surface area contributed by atoms with Crippen LogP contribution in [0.4, 0.5) is 23.5 Å². The summed E-state index contributed by atoms with van der Waals surface area (Å²) in [6.45, 7) is 2.09. The summed E-state index contributed by atoms with van der Waals surface area (Å²) in [5.41, 5.74) is 2.23. The number of hydrogen-bond donors (Lipinski definition) is 3. The van der Waals surface area contributed by atoms with Gasteiger partial charge in [0.25, 0.3) is 0 Å². The van der Waals surface area contributed by atoms with E-state index in [2.05, 4.69) is 57.1 Å². The van der Waals surface area contributed by atoms with E-state index in [1.807, 2.05) is 0 Å². The molecule has 2 aromatic rings. The van der Waals surface area contributed by atoms with Crippen LogP contribution in [0.3, 0.4) is 0 Å². The Bertz CT molecular complexity index is 710.